The highest BCUT2D eigenvalue weighted by Gasteiger charge is 2.27. The molecule has 0 spiro atoms. The molecule has 0 amide bonds. The van der Waals surface area contributed by atoms with Crippen molar-refractivity contribution in [2.75, 3.05) is 0 Å². The number of aromatic nitrogens is 1. The maximum atomic E-state index is 4.62. The Morgan fingerprint density at radius 1 is 1.22 bits per heavy atom. The van der Waals surface area contributed by atoms with E-state index in [0.29, 0.717) is 12.1 Å². The van der Waals surface area contributed by atoms with E-state index in [9.17, 15) is 0 Å². The van der Waals surface area contributed by atoms with E-state index in [1.54, 1.807) is 0 Å². The van der Waals surface area contributed by atoms with Gasteiger partial charge in [-0.1, -0.05) is 18.9 Å². The molecular weight excluding hydrogens is 220 g/mol. The van der Waals surface area contributed by atoms with E-state index < -0.39 is 0 Å². The molecule has 1 N–H and O–H groups in total. The van der Waals surface area contributed by atoms with Crippen LogP contribution in [-0.2, 0) is 6.42 Å². The highest BCUT2D eigenvalue weighted by molar-refractivity contribution is 5.25. The van der Waals surface area contributed by atoms with Crippen LogP contribution in [0.2, 0.25) is 0 Å². The van der Waals surface area contributed by atoms with Crippen LogP contribution in [-0.4, -0.2) is 11.0 Å². The van der Waals surface area contributed by atoms with Gasteiger partial charge in [0.25, 0.3) is 0 Å². The van der Waals surface area contributed by atoms with Crippen molar-refractivity contribution in [3.05, 3.63) is 29.6 Å². The summed E-state index contributed by atoms with van der Waals surface area (Å²) in [7, 11) is 0. The molecule has 0 radical (unpaired) electrons. The zero-order valence-electron chi connectivity index (χ0n) is 11.4. The fourth-order valence-corrected chi connectivity index (χ4v) is 3.68. The van der Waals surface area contributed by atoms with Crippen molar-refractivity contribution in [2.24, 2.45) is 5.92 Å². The maximum absolute atomic E-state index is 4.62. The summed E-state index contributed by atoms with van der Waals surface area (Å²) in [5.74, 6) is 0.888. The summed E-state index contributed by atoms with van der Waals surface area (Å²) in [6.45, 7) is 2.37. The minimum Gasteiger partial charge on any atom is -0.306 e. The monoisotopic (exact) mass is 244 g/mol. The Morgan fingerprint density at radius 3 is 2.89 bits per heavy atom. The van der Waals surface area contributed by atoms with E-state index in [2.05, 4.69) is 29.4 Å². The molecule has 3 rings (SSSR count). The van der Waals surface area contributed by atoms with Crippen molar-refractivity contribution >= 4 is 0 Å². The number of pyridine rings is 1. The molecular formula is C16H24N2. The third-order valence-electron chi connectivity index (χ3n) is 4.77. The Labute approximate surface area is 110 Å². The summed E-state index contributed by atoms with van der Waals surface area (Å²) in [6.07, 6.45) is 11.4. The second-order valence-corrected chi connectivity index (χ2v) is 5.99. The van der Waals surface area contributed by atoms with Gasteiger partial charge in [0, 0.05) is 18.3 Å². The quantitative estimate of drug-likeness (QED) is 0.878. The first-order chi connectivity index (χ1) is 8.84. The highest BCUT2D eigenvalue weighted by atomic mass is 15.0. The second-order valence-electron chi connectivity index (χ2n) is 5.99. The molecule has 2 nitrogen and oxygen atoms in total. The average molecular weight is 244 g/mol. The van der Waals surface area contributed by atoms with Crippen LogP contribution < -0.4 is 5.32 Å². The summed E-state index contributed by atoms with van der Waals surface area (Å²) in [6, 6.07) is 5.45. The minimum atomic E-state index is 0.491. The standard InChI is InChI=1S/C16H24N2/c1-12(13-6-2-3-7-13)18-15-10-4-8-14-9-5-11-17-16(14)15/h5,9,11-13,15,18H,2-4,6-8,10H2,1H3/t12-,15?/m0/s1. The third-order valence-corrected chi connectivity index (χ3v) is 4.77. The van der Waals surface area contributed by atoms with E-state index in [0.717, 1.165) is 5.92 Å². The first-order valence-electron chi connectivity index (χ1n) is 7.54. The molecule has 2 heteroatoms. The topological polar surface area (TPSA) is 24.9 Å². The van der Waals surface area contributed by atoms with E-state index in [4.69, 9.17) is 0 Å². The van der Waals surface area contributed by atoms with Crippen LogP contribution in [0.25, 0.3) is 0 Å². The molecule has 0 saturated heterocycles. The molecule has 1 unspecified atom stereocenters. The Kier molecular flexibility index (Phi) is 3.64. The molecule has 1 saturated carbocycles. The summed E-state index contributed by atoms with van der Waals surface area (Å²) >= 11 is 0. The van der Waals surface area contributed by atoms with Gasteiger partial charge in [-0.2, -0.15) is 0 Å². The molecule has 0 aliphatic heterocycles. The molecule has 1 aromatic heterocycles. The van der Waals surface area contributed by atoms with Crippen LogP contribution >= 0.6 is 0 Å². The van der Waals surface area contributed by atoms with Gasteiger partial charge in [-0.3, -0.25) is 4.98 Å². The largest absolute Gasteiger partial charge is 0.306 e. The Morgan fingerprint density at radius 2 is 2.06 bits per heavy atom. The first-order valence-corrected chi connectivity index (χ1v) is 7.54. The summed E-state index contributed by atoms with van der Waals surface area (Å²) in [5.41, 5.74) is 2.77. The molecule has 2 aliphatic carbocycles. The second kappa shape index (κ2) is 5.40. The van der Waals surface area contributed by atoms with Crippen LogP contribution in [0.3, 0.4) is 0 Å². The molecule has 1 fully saturated rings. The lowest BCUT2D eigenvalue weighted by atomic mass is 9.90. The lowest BCUT2D eigenvalue weighted by Gasteiger charge is -2.30. The van der Waals surface area contributed by atoms with E-state index in [-0.39, 0.29) is 0 Å². The van der Waals surface area contributed by atoms with Gasteiger partial charge in [0.15, 0.2) is 0 Å². The van der Waals surface area contributed by atoms with Crippen molar-refractivity contribution in [1.82, 2.24) is 10.3 Å². The number of nitrogens with zero attached hydrogens (tertiary/aromatic N) is 1. The lowest BCUT2D eigenvalue weighted by molar-refractivity contribution is 0.320. The van der Waals surface area contributed by atoms with E-state index in [1.807, 2.05) is 6.20 Å². The number of aryl methyl sites for hydroxylation is 1. The fourth-order valence-electron chi connectivity index (χ4n) is 3.68. The number of hydrogen-bond acceptors (Lipinski definition) is 2. The Hall–Kier alpha value is -0.890. The summed E-state index contributed by atoms with van der Waals surface area (Å²) in [5, 5.41) is 3.85. The molecule has 18 heavy (non-hydrogen) atoms. The number of fused-ring (bicyclic) bond motifs is 1. The number of hydrogen-bond donors (Lipinski definition) is 1. The smallest absolute Gasteiger partial charge is 0.0605 e. The van der Waals surface area contributed by atoms with Crippen LogP contribution in [0.1, 0.15) is 62.7 Å². The molecule has 1 heterocycles. The zero-order valence-corrected chi connectivity index (χ0v) is 11.4. The molecule has 1 aromatic rings. The minimum absolute atomic E-state index is 0.491. The maximum Gasteiger partial charge on any atom is 0.0605 e. The number of rotatable bonds is 3. The Balaban J connectivity index is 1.70. The fraction of sp³-hybridized carbons (Fsp3) is 0.688. The average Bonchev–Trinajstić information content (AvgIpc) is 2.93. The lowest BCUT2D eigenvalue weighted by Crippen LogP contribution is -2.37. The SMILES string of the molecule is C[C@H](NC1CCCc2cccnc21)C1CCCC1. The van der Waals surface area contributed by atoms with Crippen LogP contribution in [0.4, 0.5) is 0 Å². The number of nitrogens with one attached hydrogen (secondary N) is 1. The predicted octanol–water partition coefficient (Wildman–Crippen LogP) is 3.63. The van der Waals surface area contributed by atoms with Gasteiger partial charge in [0.2, 0.25) is 0 Å². The highest BCUT2D eigenvalue weighted by Crippen LogP contribution is 2.32. The van der Waals surface area contributed by atoms with Gasteiger partial charge in [-0.25, -0.2) is 0 Å². The van der Waals surface area contributed by atoms with Gasteiger partial charge in [-0.05, 0) is 56.6 Å². The first kappa shape index (κ1) is 12.2. The molecule has 0 bridgehead atoms. The normalized spacial score (nSPS) is 25.9. The third kappa shape index (κ3) is 2.44. The summed E-state index contributed by atoms with van der Waals surface area (Å²) in [4.78, 5) is 4.62. The van der Waals surface area contributed by atoms with Gasteiger partial charge < -0.3 is 5.32 Å². The zero-order chi connectivity index (χ0) is 12.4. The van der Waals surface area contributed by atoms with Crippen molar-refractivity contribution in [3.8, 4) is 0 Å². The van der Waals surface area contributed by atoms with E-state index >= 15 is 0 Å². The van der Waals surface area contributed by atoms with Crippen molar-refractivity contribution in [2.45, 2.75) is 64.0 Å². The van der Waals surface area contributed by atoms with Gasteiger partial charge in [0.05, 0.1) is 5.69 Å². The Bertz CT molecular complexity index is 396. The summed E-state index contributed by atoms with van der Waals surface area (Å²) < 4.78 is 0. The van der Waals surface area contributed by atoms with Crippen molar-refractivity contribution in [1.29, 1.82) is 0 Å². The van der Waals surface area contributed by atoms with Gasteiger partial charge in [0.1, 0.15) is 0 Å². The molecule has 0 aromatic carbocycles. The molecule has 2 aliphatic rings. The van der Waals surface area contributed by atoms with Crippen molar-refractivity contribution < 1.29 is 0 Å². The van der Waals surface area contributed by atoms with Crippen molar-refractivity contribution in [3.63, 3.8) is 0 Å². The van der Waals surface area contributed by atoms with E-state index in [1.165, 1.54) is 56.2 Å². The molecule has 2 atom stereocenters. The van der Waals surface area contributed by atoms with Crippen LogP contribution in [0.5, 0.6) is 0 Å². The van der Waals surface area contributed by atoms with Gasteiger partial charge in [-0.15, -0.1) is 0 Å². The predicted molar refractivity (Wildman–Crippen MR) is 74.5 cm³/mol. The van der Waals surface area contributed by atoms with Crippen LogP contribution in [0.15, 0.2) is 18.3 Å². The van der Waals surface area contributed by atoms with Gasteiger partial charge >= 0.3 is 0 Å². The molecule has 98 valence electrons. The van der Waals surface area contributed by atoms with Crippen LogP contribution in [0, 0.1) is 5.92 Å².